The molecule has 0 saturated carbocycles. The number of thiophene rings is 1. The molecule has 2 rings (SSSR count). The molecule has 17 heavy (non-hydrogen) atoms. The fourth-order valence-electron chi connectivity index (χ4n) is 1.74. The van der Waals surface area contributed by atoms with Crippen LogP contribution in [0.3, 0.4) is 0 Å². The number of halogens is 1. The molecule has 5 heteroatoms. The summed E-state index contributed by atoms with van der Waals surface area (Å²) < 4.78 is 0.853. The molecule has 1 aliphatic heterocycles. The Morgan fingerprint density at radius 1 is 1.41 bits per heavy atom. The van der Waals surface area contributed by atoms with E-state index in [0.717, 1.165) is 49.7 Å². The third-order valence-electron chi connectivity index (χ3n) is 2.90. The van der Waals surface area contributed by atoms with E-state index in [-0.39, 0.29) is 6.03 Å². The molecule has 1 aliphatic rings. The van der Waals surface area contributed by atoms with Crippen LogP contribution in [-0.2, 0) is 6.42 Å². The quantitative estimate of drug-likeness (QED) is 0.821. The van der Waals surface area contributed by atoms with Crippen molar-refractivity contribution < 1.29 is 4.79 Å². The molecule has 0 unspecified atom stereocenters. The zero-order valence-corrected chi connectivity index (χ0v) is 11.3. The maximum absolute atomic E-state index is 11.5. The van der Waals surface area contributed by atoms with E-state index in [1.165, 1.54) is 4.88 Å². The van der Waals surface area contributed by atoms with Gasteiger partial charge < -0.3 is 10.2 Å². The van der Waals surface area contributed by atoms with Gasteiger partial charge in [0.05, 0.1) is 4.34 Å². The van der Waals surface area contributed by atoms with Crippen molar-refractivity contribution in [3.05, 3.63) is 21.3 Å². The van der Waals surface area contributed by atoms with E-state index in [1.807, 2.05) is 11.0 Å². The number of hydrogen-bond donors (Lipinski definition) is 1. The van der Waals surface area contributed by atoms with Gasteiger partial charge in [0.2, 0.25) is 0 Å². The summed E-state index contributed by atoms with van der Waals surface area (Å²) in [6.45, 7) is 2.60. The topological polar surface area (TPSA) is 32.3 Å². The van der Waals surface area contributed by atoms with E-state index in [4.69, 9.17) is 11.6 Å². The molecular weight excluding hydrogens is 256 g/mol. The Morgan fingerprint density at radius 3 is 2.82 bits per heavy atom. The van der Waals surface area contributed by atoms with Crippen LogP contribution in [-0.4, -0.2) is 30.6 Å². The summed E-state index contributed by atoms with van der Waals surface area (Å²) in [6, 6.07) is 4.11. The minimum atomic E-state index is 0.0930. The zero-order chi connectivity index (χ0) is 12.1. The molecular formula is C12H17ClN2OS. The van der Waals surface area contributed by atoms with Crippen LogP contribution in [0.25, 0.3) is 0 Å². The first-order valence-corrected chi connectivity index (χ1v) is 7.22. The number of nitrogens with zero attached hydrogens (tertiary/aromatic N) is 1. The Bertz CT molecular complexity index is 376. The number of urea groups is 1. The Balaban J connectivity index is 1.52. The van der Waals surface area contributed by atoms with Gasteiger partial charge in [-0.05, 0) is 37.8 Å². The van der Waals surface area contributed by atoms with Crippen molar-refractivity contribution in [1.29, 1.82) is 0 Å². The molecule has 2 heterocycles. The molecule has 0 atom stereocenters. The average molecular weight is 273 g/mol. The molecule has 94 valence electrons. The van der Waals surface area contributed by atoms with Crippen LogP contribution in [0.2, 0.25) is 4.34 Å². The lowest BCUT2D eigenvalue weighted by Gasteiger charge is -2.30. The number of likely N-dealkylation sites (tertiary alicyclic amines) is 1. The summed E-state index contributed by atoms with van der Waals surface area (Å²) in [4.78, 5) is 14.6. The fourth-order valence-corrected chi connectivity index (χ4v) is 2.87. The van der Waals surface area contributed by atoms with Gasteiger partial charge in [0.25, 0.3) is 0 Å². The van der Waals surface area contributed by atoms with E-state index in [9.17, 15) is 4.79 Å². The number of hydrogen-bond acceptors (Lipinski definition) is 2. The molecule has 1 saturated heterocycles. The number of carbonyl (C=O) groups excluding carboxylic acids is 1. The maximum Gasteiger partial charge on any atom is 0.317 e. The first-order valence-electron chi connectivity index (χ1n) is 6.03. The lowest BCUT2D eigenvalue weighted by Crippen LogP contribution is -2.47. The highest BCUT2D eigenvalue weighted by molar-refractivity contribution is 7.16. The van der Waals surface area contributed by atoms with Crippen molar-refractivity contribution in [2.24, 2.45) is 0 Å². The van der Waals surface area contributed by atoms with Crippen LogP contribution < -0.4 is 5.32 Å². The van der Waals surface area contributed by atoms with Gasteiger partial charge >= 0.3 is 6.03 Å². The summed E-state index contributed by atoms with van der Waals surface area (Å²) in [5, 5.41) is 2.94. The van der Waals surface area contributed by atoms with Crippen LogP contribution in [0, 0.1) is 0 Å². The molecule has 3 nitrogen and oxygen atoms in total. The molecule has 0 spiro atoms. The van der Waals surface area contributed by atoms with Crippen molar-refractivity contribution in [2.45, 2.75) is 25.7 Å². The molecule has 0 aliphatic carbocycles. The van der Waals surface area contributed by atoms with E-state index >= 15 is 0 Å². The second-order valence-electron chi connectivity index (χ2n) is 4.24. The van der Waals surface area contributed by atoms with Gasteiger partial charge in [0.15, 0.2) is 0 Å². The summed E-state index contributed by atoms with van der Waals surface area (Å²) in [5.41, 5.74) is 0. The van der Waals surface area contributed by atoms with E-state index in [1.54, 1.807) is 11.3 Å². The molecule has 0 aromatic carbocycles. The van der Waals surface area contributed by atoms with Gasteiger partial charge in [0, 0.05) is 24.5 Å². The molecule has 0 radical (unpaired) electrons. The second kappa shape index (κ2) is 6.26. The van der Waals surface area contributed by atoms with Crippen LogP contribution in [0.5, 0.6) is 0 Å². The summed E-state index contributed by atoms with van der Waals surface area (Å²) >= 11 is 7.49. The summed E-state index contributed by atoms with van der Waals surface area (Å²) in [7, 11) is 0. The van der Waals surface area contributed by atoms with Crippen molar-refractivity contribution in [2.75, 3.05) is 19.6 Å². The van der Waals surface area contributed by atoms with Gasteiger partial charge in [-0.25, -0.2) is 4.79 Å². The predicted octanol–water partition coefficient (Wildman–Crippen LogP) is 3.14. The van der Waals surface area contributed by atoms with Crippen molar-refractivity contribution in [3.63, 3.8) is 0 Å². The summed E-state index contributed by atoms with van der Waals surface area (Å²) in [5.74, 6) is 0. The van der Waals surface area contributed by atoms with Crippen LogP contribution in [0.4, 0.5) is 4.79 Å². The largest absolute Gasteiger partial charge is 0.338 e. The Morgan fingerprint density at radius 2 is 2.24 bits per heavy atom. The average Bonchev–Trinajstić information content (AvgIpc) is 2.61. The van der Waals surface area contributed by atoms with Gasteiger partial charge in [0.1, 0.15) is 0 Å². The third kappa shape index (κ3) is 3.89. The van der Waals surface area contributed by atoms with Gasteiger partial charge in [-0.2, -0.15) is 0 Å². The molecule has 1 aromatic rings. The Kier molecular flexibility index (Phi) is 4.68. The standard InChI is InChI=1S/C12H17ClN2OS/c13-11-6-5-10(17-11)4-1-2-7-14-12(16)15-8-3-9-15/h5-6H,1-4,7-9H2,(H,14,16). The molecule has 1 aromatic heterocycles. The second-order valence-corrected chi connectivity index (χ2v) is 6.04. The highest BCUT2D eigenvalue weighted by atomic mass is 35.5. The Hall–Kier alpha value is -0.740. The number of unbranched alkanes of at least 4 members (excludes halogenated alkanes) is 1. The van der Waals surface area contributed by atoms with Crippen molar-refractivity contribution in [1.82, 2.24) is 10.2 Å². The first-order chi connectivity index (χ1) is 8.25. The van der Waals surface area contributed by atoms with Gasteiger partial charge in [-0.3, -0.25) is 0 Å². The highest BCUT2D eigenvalue weighted by Crippen LogP contribution is 2.22. The first kappa shape index (κ1) is 12.7. The number of amides is 2. The lowest BCUT2D eigenvalue weighted by atomic mass is 10.2. The smallest absolute Gasteiger partial charge is 0.317 e. The van der Waals surface area contributed by atoms with Crippen molar-refractivity contribution >= 4 is 29.0 Å². The lowest BCUT2D eigenvalue weighted by molar-refractivity contribution is 0.167. The van der Waals surface area contributed by atoms with Crippen LogP contribution >= 0.6 is 22.9 Å². The number of rotatable bonds is 5. The van der Waals surface area contributed by atoms with E-state index < -0.39 is 0 Å². The van der Waals surface area contributed by atoms with Crippen LogP contribution in [0.15, 0.2) is 12.1 Å². The van der Waals surface area contributed by atoms with E-state index in [0.29, 0.717) is 0 Å². The number of aryl methyl sites for hydroxylation is 1. The molecule has 0 bridgehead atoms. The molecule has 1 fully saturated rings. The number of carbonyl (C=O) groups is 1. The zero-order valence-electron chi connectivity index (χ0n) is 9.75. The SMILES string of the molecule is O=C(NCCCCc1ccc(Cl)s1)N1CCC1. The minimum Gasteiger partial charge on any atom is -0.338 e. The predicted molar refractivity (Wildman–Crippen MR) is 71.9 cm³/mol. The van der Waals surface area contributed by atoms with Crippen LogP contribution in [0.1, 0.15) is 24.1 Å². The maximum atomic E-state index is 11.5. The van der Waals surface area contributed by atoms with Gasteiger partial charge in [-0.1, -0.05) is 11.6 Å². The molecule has 1 N–H and O–H groups in total. The highest BCUT2D eigenvalue weighted by Gasteiger charge is 2.18. The normalized spacial score (nSPS) is 14.5. The third-order valence-corrected chi connectivity index (χ3v) is 4.19. The number of nitrogens with one attached hydrogen (secondary N) is 1. The van der Waals surface area contributed by atoms with Crippen molar-refractivity contribution in [3.8, 4) is 0 Å². The monoisotopic (exact) mass is 272 g/mol. The summed E-state index contributed by atoms with van der Waals surface area (Å²) in [6.07, 6.45) is 4.32. The fraction of sp³-hybridized carbons (Fsp3) is 0.583. The van der Waals surface area contributed by atoms with E-state index in [2.05, 4.69) is 11.4 Å². The minimum absolute atomic E-state index is 0.0930. The Labute approximate surface area is 111 Å². The van der Waals surface area contributed by atoms with Gasteiger partial charge in [-0.15, -0.1) is 11.3 Å². The molecule has 2 amide bonds.